The van der Waals surface area contributed by atoms with Crippen LogP contribution < -0.4 is 0 Å². The Morgan fingerprint density at radius 1 is 1.62 bits per heavy atom. The molecule has 1 heterocycles. The summed E-state index contributed by atoms with van der Waals surface area (Å²) in [7, 11) is 4.07. The molecule has 1 aromatic heterocycles. The molecule has 0 fully saturated rings. The second-order valence-electron chi connectivity index (χ2n) is 3.38. The Morgan fingerprint density at radius 2 is 2.38 bits per heavy atom. The molecule has 0 saturated heterocycles. The molecular formula is C10H15NOS. The molecule has 0 spiro atoms. The van der Waals surface area contributed by atoms with Crippen LogP contribution in [0.1, 0.15) is 17.2 Å². The van der Waals surface area contributed by atoms with Crippen LogP contribution in [0, 0.1) is 0 Å². The Kier molecular flexibility index (Phi) is 4.12. The van der Waals surface area contributed by atoms with Gasteiger partial charge in [-0.1, -0.05) is 6.07 Å². The van der Waals surface area contributed by atoms with Crippen molar-refractivity contribution >= 4 is 17.6 Å². The van der Waals surface area contributed by atoms with E-state index in [9.17, 15) is 4.79 Å². The van der Waals surface area contributed by atoms with E-state index in [2.05, 4.69) is 16.3 Å². The van der Waals surface area contributed by atoms with Gasteiger partial charge in [0.2, 0.25) is 0 Å². The molecule has 0 amide bonds. The van der Waals surface area contributed by atoms with Crippen LogP contribution in [0.2, 0.25) is 0 Å². The summed E-state index contributed by atoms with van der Waals surface area (Å²) >= 11 is 1.73. The van der Waals surface area contributed by atoms with E-state index in [1.54, 1.807) is 11.3 Å². The molecular weight excluding hydrogens is 182 g/mol. The van der Waals surface area contributed by atoms with Crippen LogP contribution in [0.5, 0.6) is 0 Å². The van der Waals surface area contributed by atoms with Crippen LogP contribution in [0.3, 0.4) is 0 Å². The lowest BCUT2D eigenvalue weighted by Crippen LogP contribution is -2.20. The molecule has 0 bridgehead atoms. The SMILES string of the molecule is CN(C)CC(CC=O)c1cccs1. The quantitative estimate of drug-likeness (QED) is 0.673. The van der Waals surface area contributed by atoms with Crippen LogP contribution in [-0.4, -0.2) is 31.8 Å². The third-order valence-electron chi connectivity index (χ3n) is 1.91. The summed E-state index contributed by atoms with van der Waals surface area (Å²) in [5, 5.41) is 2.06. The second-order valence-corrected chi connectivity index (χ2v) is 4.36. The third-order valence-corrected chi connectivity index (χ3v) is 2.95. The topological polar surface area (TPSA) is 20.3 Å². The molecule has 1 unspecified atom stereocenters. The minimum atomic E-state index is 0.368. The third kappa shape index (κ3) is 3.28. The fourth-order valence-corrected chi connectivity index (χ4v) is 2.20. The van der Waals surface area contributed by atoms with Gasteiger partial charge in [-0.05, 0) is 25.5 Å². The first-order valence-corrected chi connectivity index (χ1v) is 5.23. The first-order chi connectivity index (χ1) is 6.24. The Balaban J connectivity index is 2.62. The summed E-state index contributed by atoms with van der Waals surface area (Å²) in [5.41, 5.74) is 0. The zero-order chi connectivity index (χ0) is 9.68. The highest BCUT2D eigenvalue weighted by Crippen LogP contribution is 2.23. The number of carbonyl (C=O) groups is 1. The Bertz CT molecular complexity index is 243. The van der Waals surface area contributed by atoms with Gasteiger partial charge >= 0.3 is 0 Å². The average molecular weight is 197 g/mol. The number of aldehydes is 1. The van der Waals surface area contributed by atoms with E-state index in [0.717, 1.165) is 12.8 Å². The molecule has 2 nitrogen and oxygen atoms in total. The molecule has 13 heavy (non-hydrogen) atoms. The Morgan fingerprint density at radius 3 is 2.85 bits per heavy atom. The number of rotatable bonds is 5. The van der Waals surface area contributed by atoms with Gasteiger partial charge in [0.15, 0.2) is 0 Å². The highest BCUT2D eigenvalue weighted by molar-refractivity contribution is 7.10. The Labute approximate surface area is 83.2 Å². The monoisotopic (exact) mass is 197 g/mol. The van der Waals surface area contributed by atoms with Gasteiger partial charge in [0.05, 0.1) is 0 Å². The van der Waals surface area contributed by atoms with E-state index < -0.39 is 0 Å². The molecule has 0 aliphatic heterocycles. The van der Waals surface area contributed by atoms with E-state index >= 15 is 0 Å². The van der Waals surface area contributed by atoms with Crippen molar-refractivity contribution in [1.82, 2.24) is 4.90 Å². The predicted octanol–water partition coefficient (Wildman–Crippen LogP) is 1.98. The minimum Gasteiger partial charge on any atom is -0.309 e. The maximum absolute atomic E-state index is 10.5. The maximum atomic E-state index is 10.5. The number of hydrogen-bond acceptors (Lipinski definition) is 3. The summed E-state index contributed by atoms with van der Waals surface area (Å²) in [6, 6.07) is 4.13. The van der Waals surface area contributed by atoms with Crippen molar-refractivity contribution in [3.63, 3.8) is 0 Å². The van der Waals surface area contributed by atoms with Crippen molar-refractivity contribution in [2.45, 2.75) is 12.3 Å². The number of likely N-dealkylation sites (N-methyl/N-ethyl adjacent to an activating group) is 1. The molecule has 0 aromatic carbocycles. The van der Waals surface area contributed by atoms with Gasteiger partial charge < -0.3 is 9.69 Å². The summed E-state index contributed by atoms with van der Waals surface area (Å²) < 4.78 is 0. The van der Waals surface area contributed by atoms with Crippen molar-refractivity contribution in [2.75, 3.05) is 20.6 Å². The van der Waals surface area contributed by atoms with Gasteiger partial charge in [-0.25, -0.2) is 0 Å². The molecule has 3 heteroatoms. The van der Waals surface area contributed by atoms with Gasteiger partial charge in [-0.3, -0.25) is 0 Å². The second kappa shape index (κ2) is 5.14. The summed E-state index contributed by atoms with van der Waals surface area (Å²) in [6.07, 6.45) is 1.63. The van der Waals surface area contributed by atoms with Crippen molar-refractivity contribution < 1.29 is 4.79 Å². The zero-order valence-corrected chi connectivity index (χ0v) is 8.88. The molecule has 0 radical (unpaired) electrons. The van der Waals surface area contributed by atoms with Crippen molar-refractivity contribution in [2.24, 2.45) is 0 Å². The van der Waals surface area contributed by atoms with Crippen LogP contribution in [0.25, 0.3) is 0 Å². The highest BCUT2D eigenvalue weighted by atomic mass is 32.1. The van der Waals surface area contributed by atoms with E-state index in [0.29, 0.717) is 12.3 Å². The maximum Gasteiger partial charge on any atom is 0.120 e. The van der Waals surface area contributed by atoms with Crippen LogP contribution >= 0.6 is 11.3 Å². The van der Waals surface area contributed by atoms with Crippen molar-refractivity contribution in [3.05, 3.63) is 22.4 Å². The smallest absolute Gasteiger partial charge is 0.120 e. The first kappa shape index (κ1) is 10.4. The van der Waals surface area contributed by atoms with Crippen LogP contribution in [0.15, 0.2) is 17.5 Å². The molecule has 1 atom stereocenters. The average Bonchev–Trinajstić information content (AvgIpc) is 2.54. The highest BCUT2D eigenvalue weighted by Gasteiger charge is 2.12. The van der Waals surface area contributed by atoms with Crippen molar-refractivity contribution in [1.29, 1.82) is 0 Å². The number of carbonyl (C=O) groups excluding carboxylic acids is 1. The lowest BCUT2D eigenvalue weighted by molar-refractivity contribution is -0.108. The van der Waals surface area contributed by atoms with E-state index in [4.69, 9.17) is 0 Å². The molecule has 1 rings (SSSR count). The molecule has 72 valence electrons. The Hall–Kier alpha value is -0.670. The molecule has 0 aliphatic rings. The van der Waals surface area contributed by atoms with Crippen LogP contribution in [-0.2, 0) is 4.79 Å². The first-order valence-electron chi connectivity index (χ1n) is 4.35. The largest absolute Gasteiger partial charge is 0.309 e. The van der Waals surface area contributed by atoms with Gasteiger partial charge in [0.1, 0.15) is 6.29 Å². The minimum absolute atomic E-state index is 0.368. The van der Waals surface area contributed by atoms with Crippen LogP contribution in [0.4, 0.5) is 0 Å². The normalized spacial score (nSPS) is 13.2. The number of thiophene rings is 1. The fourth-order valence-electron chi connectivity index (χ4n) is 1.36. The summed E-state index contributed by atoms with van der Waals surface area (Å²) in [6.45, 7) is 0.944. The van der Waals surface area contributed by atoms with Gasteiger partial charge in [-0.2, -0.15) is 0 Å². The number of nitrogens with zero attached hydrogens (tertiary/aromatic N) is 1. The lowest BCUT2D eigenvalue weighted by atomic mass is 10.0. The summed E-state index contributed by atoms with van der Waals surface area (Å²) in [4.78, 5) is 13.9. The fraction of sp³-hybridized carbons (Fsp3) is 0.500. The lowest BCUT2D eigenvalue weighted by Gasteiger charge is -2.17. The van der Waals surface area contributed by atoms with Crippen molar-refractivity contribution in [3.8, 4) is 0 Å². The van der Waals surface area contributed by atoms with Gasteiger partial charge in [-0.15, -0.1) is 11.3 Å². The predicted molar refractivity (Wildman–Crippen MR) is 56.3 cm³/mol. The standard InChI is InChI=1S/C10H15NOS/c1-11(2)8-9(5-6-12)10-4-3-7-13-10/h3-4,6-7,9H,5,8H2,1-2H3. The molecule has 1 aromatic rings. The molecule has 0 saturated carbocycles. The van der Waals surface area contributed by atoms with E-state index in [-0.39, 0.29) is 0 Å². The van der Waals surface area contributed by atoms with E-state index in [1.165, 1.54) is 4.88 Å². The molecule has 0 aliphatic carbocycles. The van der Waals surface area contributed by atoms with Gasteiger partial charge in [0.25, 0.3) is 0 Å². The summed E-state index contributed by atoms with van der Waals surface area (Å²) in [5.74, 6) is 0.368. The van der Waals surface area contributed by atoms with E-state index in [1.807, 2.05) is 20.2 Å². The molecule has 0 N–H and O–H groups in total. The number of hydrogen-bond donors (Lipinski definition) is 0. The zero-order valence-electron chi connectivity index (χ0n) is 8.06. The van der Waals surface area contributed by atoms with Gasteiger partial charge in [0, 0.05) is 23.8 Å².